The Labute approximate surface area is 140 Å². The summed E-state index contributed by atoms with van der Waals surface area (Å²) in [6.45, 7) is 6.93. The topological polar surface area (TPSA) is 61.4 Å². The number of hydrogen-bond donors (Lipinski definition) is 1. The number of piperazine rings is 1. The molecule has 0 radical (unpaired) electrons. The molecule has 6 nitrogen and oxygen atoms in total. The van der Waals surface area contributed by atoms with Gasteiger partial charge in [0.1, 0.15) is 5.82 Å². The number of nitrogens with one attached hydrogen (secondary N) is 1. The van der Waals surface area contributed by atoms with Crippen molar-refractivity contribution in [3.63, 3.8) is 0 Å². The average Bonchev–Trinajstić information content (AvgIpc) is 2.62. The number of hydrogen-bond acceptors (Lipinski definition) is 5. The molecule has 126 valence electrons. The molecule has 1 aromatic heterocycles. The third-order valence-electron chi connectivity index (χ3n) is 4.09. The van der Waals surface area contributed by atoms with Crippen LogP contribution >= 0.6 is 0 Å². The van der Waals surface area contributed by atoms with Gasteiger partial charge in [-0.1, -0.05) is 13.0 Å². The number of carbonyl (C=O) groups excluding carboxylic acids is 1. The molecule has 3 rings (SSSR count). The predicted molar refractivity (Wildman–Crippen MR) is 90.7 cm³/mol. The molecule has 1 aromatic carbocycles. The maximum atomic E-state index is 13.1. The first-order chi connectivity index (χ1) is 11.7. The van der Waals surface area contributed by atoms with Gasteiger partial charge in [0, 0.05) is 44.3 Å². The fraction of sp³-hybridized carbons (Fsp3) is 0.353. The lowest BCUT2D eigenvalue weighted by Gasteiger charge is -2.33. The van der Waals surface area contributed by atoms with Crippen molar-refractivity contribution < 1.29 is 9.18 Å². The van der Waals surface area contributed by atoms with Gasteiger partial charge in [-0.2, -0.15) is 0 Å². The van der Waals surface area contributed by atoms with Crippen molar-refractivity contribution in [2.24, 2.45) is 0 Å². The predicted octanol–water partition coefficient (Wildman–Crippen LogP) is 2.01. The molecule has 0 spiro atoms. The molecule has 1 saturated heterocycles. The molecule has 2 heterocycles. The van der Waals surface area contributed by atoms with E-state index in [4.69, 9.17) is 0 Å². The van der Waals surface area contributed by atoms with E-state index in [1.165, 1.54) is 24.5 Å². The molecule has 24 heavy (non-hydrogen) atoms. The fourth-order valence-electron chi connectivity index (χ4n) is 2.64. The van der Waals surface area contributed by atoms with Crippen LogP contribution in [0.3, 0.4) is 0 Å². The SMILES string of the molecule is CCN1CCN(c2ncc(C(=O)Nc3cccc(F)c3)cn2)CC1. The van der Waals surface area contributed by atoms with Gasteiger partial charge in [-0.25, -0.2) is 14.4 Å². The van der Waals surface area contributed by atoms with E-state index in [1.54, 1.807) is 12.1 Å². The molecule has 0 unspecified atom stereocenters. The van der Waals surface area contributed by atoms with Gasteiger partial charge in [-0.05, 0) is 24.7 Å². The van der Waals surface area contributed by atoms with E-state index >= 15 is 0 Å². The third-order valence-corrected chi connectivity index (χ3v) is 4.09. The number of halogens is 1. The van der Waals surface area contributed by atoms with Crippen LogP contribution in [-0.4, -0.2) is 53.5 Å². The van der Waals surface area contributed by atoms with Gasteiger partial charge >= 0.3 is 0 Å². The van der Waals surface area contributed by atoms with E-state index in [0.717, 1.165) is 32.7 Å². The second kappa shape index (κ2) is 7.35. The zero-order chi connectivity index (χ0) is 16.9. The molecular formula is C17H20FN5O. The lowest BCUT2D eigenvalue weighted by molar-refractivity contribution is 0.102. The summed E-state index contributed by atoms with van der Waals surface area (Å²) in [6.07, 6.45) is 3.01. The van der Waals surface area contributed by atoms with Crippen molar-refractivity contribution >= 4 is 17.5 Å². The second-order valence-electron chi connectivity index (χ2n) is 5.66. The molecule has 0 saturated carbocycles. The molecule has 2 aromatic rings. The summed E-state index contributed by atoms with van der Waals surface area (Å²) >= 11 is 0. The van der Waals surface area contributed by atoms with Gasteiger partial charge in [0.2, 0.25) is 5.95 Å². The van der Waals surface area contributed by atoms with Gasteiger partial charge in [0.05, 0.1) is 5.56 Å². The minimum Gasteiger partial charge on any atom is -0.338 e. The number of benzene rings is 1. The largest absolute Gasteiger partial charge is 0.338 e. The van der Waals surface area contributed by atoms with Crippen LogP contribution in [-0.2, 0) is 0 Å². The number of nitrogens with zero attached hydrogens (tertiary/aromatic N) is 4. The monoisotopic (exact) mass is 329 g/mol. The summed E-state index contributed by atoms with van der Waals surface area (Å²) in [4.78, 5) is 25.2. The van der Waals surface area contributed by atoms with Crippen LogP contribution in [0, 0.1) is 5.82 Å². The fourth-order valence-corrected chi connectivity index (χ4v) is 2.64. The highest BCUT2D eigenvalue weighted by Gasteiger charge is 2.18. The Hall–Kier alpha value is -2.54. The molecule has 0 atom stereocenters. The highest BCUT2D eigenvalue weighted by molar-refractivity contribution is 6.03. The minimum absolute atomic E-state index is 0.343. The van der Waals surface area contributed by atoms with Crippen LogP contribution in [0.5, 0.6) is 0 Å². The van der Waals surface area contributed by atoms with E-state index in [0.29, 0.717) is 17.2 Å². The van der Waals surface area contributed by atoms with Gasteiger partial charge < -0.3 is 15.1 Å². The molecule has 1 aliphatic rings. The number of aromatic nitrogens is 2. The van der Waals surface area contributed by atoms with Crippen molar-refractivity contribution in [2.45, 2.75) is 6.92 Å². The quantitative estimate of drug-likeness (QED) is 0.930. The van der Waals surface area contributed by atoms with Crippen LogP contribution in [0.4, 0.5) is 16.0 Å². The van der Waals surface area contributed by atoms with E-state index in [9.17, 15) is 9.18 Å². The first kappa shape index (κ1) is 16.3. The summed E-state index contributed by atoms with van der Waals surface area (Å²) in [6, 6.07) is 5.76. The summed E-state index contributed by atoms with van der Waals surface area (Å²) in [5.74, 6) is -0.123. The van der Waals surface area contributed by atoms with Crippen LogP contribution in [0.15, 0.2) is 36.7 Å². The number of amides is 1. The molecule has 1 N–H and O–H groups in total. The lowest BCUT2D eigenvalue weighted by Crippen LogP contribution is -2.46. The highest BCUT2D eigenvalue weighted by atomic mass is 19.1. The van der Waals surface area contributed by atoms with E-state index in [1.807, 2.05) is 0 Å². The van der Waals surface area contributed by atoms with Gasteiger partial charge in [-0.3, -0.25) is 4.79 Å². The lowest BCUT2D eigenvalue weighted by atomic mass is 10.2. The van der Waals surface area contributed by atoms with Gasteiger partial charge in [0.25, 0.3) is 5.91 Å². The Kier molecular flexibility index (Phi) is 5.00. The summed E-state index contributed by atoms with van der Waals surface area (Å²) < 4.78 is 13.1. The van der Waals surface area contributed by atoms with Crippen LogP contribution in [0.25, 0.3) is 0 Å². The van der Waals surface area contributed by atoms with Gasteiger partial charge in [-0.15, -0.1) is 0 Å². The number of carbonyl (C=O) groups is 1. The maximum absolute atomic E-state index is 13.1. The molecule has 0 bridgehead atoms. The number of anilines is 2. The van der Waals surface area contributed by atoms with E-state index in [2.05, 4.69) is 32.0 Å². The first-order valence-corrected chi connectivity index (χ1v) is 8.02. The van der Waals surface area contributed by atoms with Crippen LogP contribution in [0.1, 0.15) is 17.3 Å². The van der Waals surface area contributed by atoms with E-state index in [-0.39, 0.29) is 5.91 Å². The van der Waals surface area contributed by atoms with Crippen molar-refractivity contribution in [1.82, 2.24) is 14.9 Å². The zero-order valence-corrected chi connectivity index (χ0v) is 13.6. The molecule has 7 heteroatoms. The Morgan fingerprint density at radius 3 is 2.54 bits per heavy atom. The molecule has 1 aliphatic heterocycles. The summed E-state index contributed by atoms with van der Waals surface area (Å²) in [7, 11) is 0. The second-order valence-corrected chi connectivity index (χ2v) is 5.66. The normalized spacial score (nSPS) is 15.3. The Morgan fingerprint density at radius 2 is 1.92 bits per heavy atom. The maximum Gasteiger partial charge on any atom is 0.258 e. The number of likely N-dealkylation sites (N-methyl/N-ethyl adjacent to an activating group) is 1. The summed E-state index contributed by atoms with van der Waals surface area (Å²) in [5.41, 5.74) is 0.745. The van der Waals surface area contributed by atoms with Crippen molar-refractivity contribution in [3.05, 3.63) is 48.0 Å². The molecule has 1 fully saturated rings. The molecular weight excluding hydrogens is 309 g/mol. The van der Waals surface area contributed by atoms with E-state index < -0.39 is 5.82 Å². The third kappa shape index (κ3) is 3.86. The van der Waals surface area contributed by atoms with Gasteiger partial charge in [0.15, 0.2) is 0 Å². The Balaban J connectivity index is 1.63. The smallest absolute Gasteiger partial charge is 0.258 e. The van der Waals surface area contributed by atoms with Crippen molar-refractivity contribution in [3.8, 4) is 0 Å². The van der Waals surface area contributed by atoms with Crippen LogP contribution < -0.4 is 10.2 Å². The molecule has 1 amide bonds. The van der Waals surface area contributed by atoms with Crippen molar-refractivity contribution in [1.29, 1.82) is 0 Å². The molecule has 0 aliphatic carbocycles. The highest BCUT2D eigenvalue weighted by Crippen LogP contribution is 2.13. The van der Waals surface area contributed by atoms with Crippen LogP contribution in [0.2, 0.25) is 0 Å². The number of rotatable bonds is 4. The zero-order valence-electron chi connectivity index (χ0n) is 13.6. The Bertz CT molecular complexity index is 698. The Morgan fingerprint density at radius 1 is 1.21 bits per heavy atom. The first-order valence-electron chi connectivity index (χ1n) is 8.02. The minimum atomic E-state index is -0.398. The van der Waals surface area contributed by atoms with Crippen molar-refractivity contribution in [2.75, 3.05) is 42.9 Å². The standard InChI is InChI=1S/C17H20FN5O/c1-2-22-6-8-23(9-7-22)17-19-11-13(12-20-17)16(24)21-15-5-3-4-14(18)10-15/h3-5,10-12H,2,6-9H2,1H3,(H,21,24). The summed E-state index contributed by atoms with van der Waals surface area (Å²) in [5, 5.41) is 2.63. The average molecular weight is 329 g/mol.